The molecule has 0 N–H and O–H groups in total. The molecule has 0 aromatic carbocycles. The quantitative estimate of drug-likeness (QED) is 0.420. The van der Waals surface area contributed by atoms with E-state index in [1.54, 1.807) is 5.57 Å². The summed E-state index contributed by atoms with van der Waals surface area (Å²) in [5, 5.41) is 0. The lowest BCUT2D eigenvalue weighted by Gasteiger charge is -2.13. The molecule has 1 rings (SSSR count). The minimum atomic E-state index is 0.851. The van der Waals surface area contributed by atoms with Crippen LogP contribution in [-0.4, -0.2) is 0 Å². The Balaban J connectivity index is 2.50. The van der Waals surface area contributed by atoms with Crippen molar-refractivity contribution in [3.8, 4) is 0 Å². The van der Waals surface area contributed by atoms with Crippen LogP contribution in [0.15, 0.2) is 11.6 Å². The Kier molecular flexibility index (Phi) is 1.72. The van der Waals surface area contributed by atoms with Crippen molar-refractivity contribution in [3.63, 3.8) is 0 Å². The first-order valence-electron chi connectivity index (χ1n) is 3.46. The number of hydrogen-bond donors (Lipinski definition) is 0. The Hall–Kier alpha value is -0.260. The van der Waals surface area contributed by atoms with Gasteiger partial charge in [-0.25, -0.2) is 0 Å². The maximum atomic E-state index is 2.39. The second-order valence-electron chi connectivity index (χ2n) is 2.88. The lowest BCUT2D eigenvalue weighted by molar-refractivity contribution is 0.568. The van der Waals surface area contributed by atoms with Crippen molar-refractivity contribution in [1.82, 2.24) is 0 Å². The summed E-state index contributed by atoms with van der Waals surface area (Å²) in [4.78, 5) is 0. The van der Waals surface area contributed by atoms with Gasteiger partial charge in [-0.15, -0.1) is 0 Å². The van der Waals surface area contributed by atoms with Gasteiger partial charge in [-0.1, -0.05) is 18.6 Å². The highest BCUT2D eigenvalue weighted by Gasteiger charge is 2.04. The lowest BCUT2D eigenvalue weighted by Crippen LogP contribution is -1.97. The molecule has 0 heterocycles. The van der Waals surface area contributed by atoms with Crippen LogP contribution in [0.1, 0.15) is 33.1 Å². The molecule has 0 saturated carbocycles. The van der Waals surface area contributed by atoms with Crippen LogP contribution in [0.2, 0.25) is 0 Å². The van der Waals surface area contributed by atoms with Gasteiger partial charge in [0, 0.05) is 0 Å². The average Bonchev–Trinajstić information content (AvgIpc) is 1.64. The van der Waals surface area contributed by atoms with Crippen LogP contribution in [0.3, 0.4) is 0 Å². The Morgan fingerprint density at radius 3 is 2.75 bits per heavy atom. The summed E-state index contributed by atoms with van der Waals surface area (Å²) in [6.45, 7) is 4.53. The second-order valence-corrected chi connectivity index (χ2v) is 2.88. The molecule has 8 heavy (non-hydrogen) atoms. The lowest BCUT2D eigenvalue weighted by atomic mass is 9.93. The summed E-state index contributed by atoms with van der Waals surface area (Å²) in [6.07, 6.45) is 6.54. The molecule has 0 unspecified atom stereocenters. The normalized spacial score (nSPS) is 29.8. The molecular weight excluding hydrogens is 96.1 g/mol. The van der Waals surface area contributed by atoms with Crippen LogP contribution >= 0.6 is 0 Å². The molecule has 0 saturated heterocycles. The smallest absolute Gasteiger partial charge is 0.0259 e. The van der Waals surface area contributed by atoms with Crippen molar-refractivity contribution in [2.24, 2.45) is 5.92 Å². The Bertz CT molecular complexity index is 101. The number of rotatable bonds is 0. The van der Waals surface area contributed by atoms with E-state index in [9.17, 15) is 0 Å². The molecular formula is C8H14. The van der Waals surface area contributed by atoms with E-state index in [1.165, 1.54) is 19.3 Å². The predicted molar refractivity (Wildman–Crippen MR) is 36.8 cm³/mol. The van der Waals surface area contributed by atoms with Gasteiger partial charge < -0.3 is 0 Å². The van der Waals surface area contributed by atoms with Crippen LogP contribution in [0.5, 0.6) is 0 Å². The minimum absolute atomic E-state index is 0.851. The zero-order valence-corrected chi connectivity index (χ0v) is 5.78. The Morgan fingerprint density at radius 1 is 1.62 bits per heavy atom. The first-order chi connectivity index (χ1) is 3.79. The van der Waals surface area contributed by atoms with Gasteiger partial charge in [-0.2, -0.15) is 0 Å². The minimum Gasteiger partial charge on any atom is -0.0828 e. The number of allylic oxidation sites excluding steroid dienone is 2. The first-order valence-corrected chi connectivity index (χ1v) is 3.46. The third-order valence-electron chi connectivity index (χ3n) is 1.80. The topological polar surface area (TPSA) is 0 Å². The van der Waals surface area contributed by atoms with Crippen molar-refractivity contribution in [2.75, 3.05) is 0 Å². The van der Waals surface area contributed by atoms with Crippen molar-refractivity contribution in [1.29, 1.82) is 0 Å². The highest BCUT2D eigenvalue weighted by atomic mass is 14.1. The highest BCUT2D eigenvalue weighted by molar-refractivity contribution is 5.03. The third-order valence-corrected chi connectivity index (χ3v) is 1.80. The second kappa shape index (κ2) is 2.34. The molecule has 0 spiro atoms. The highest BCUT2D eigenvalue weighted by Crippen LogP contribution is 2.20. The van der Waals surface area contributed by atoms with Crippen molar-refractivity contribution >= 4 is 0 Å². The Labute approximate surface area is 51.6 Å². The third kappa shape index (κ3) is 1.36. The standard InChI is InChI=1S/C8H14/c1-7-4-3-5-8(2)6-7/h6-7H,3-5H2,1-2H3/t7-/m0/s1. The first kappa shape index (κ1) is 5.87. The summed E-state index contributed by atoms with van der Waals surface area (Å²) in [5.41, 5.74) is 1.59. The van der Waals surface area contributed by atoms with Gasteiger partial charge in [0.15, 0.2) is 0 Å². The molecule has 0 fully saturated rings. The summed E-state index contributed by atoms with van der Waals surface area (Å²) in [5.74, 6) is 0.851. The van der Waals surface area contributed by atoms with Crippen molar-refractivity contribution < 1.29 is 0 Å². The molecule has 0 aliphatic heterocycles. The Morgan fingerprint density at radius 2 is 2.38 bits per heavy atom. The van der Waals surface area contributed by atoms with Gasteiger partial charge in [-0.05, 0) is 32.1 Å². The molecule has 1 atom stereocenters. The van der Waals surface area contributed by atoms with Gasteiger partial charge in [0.2, 0.25) is 0 Å². The maximum Gasteiger partial charge on any atom is -0.0259 e. The van der Waals surface area contributed by atoms with E-state index >= 15 is 0 Å². The fraction of sp³-hybridized carbons (Fsp3) is 0.750. The van der Waals surface area contributed by atoms with E-state index in [0.29, 0.717) is 0 Å². The average molecular weight is 110 g/mol. The zero-order chi connectivity index (χ0) is 5.98. The van der Waals surface area contributed by atoms with E-state index in [-0.39, 0.29) is 0 Å². The summed E-state index contributed by atoms with van der Waals surface area (Å²) < 4.78 is 0. The molecule has 0 bridgehead atoms. The molecule has 1 aliphatic rings. The van der Waals surface area contributed by atoms with E-state index in [0.717, 1.165) is 5.92 Å². The summed E-state index contributed by atoms with van der Waals surface area (Å²) in [6, 6.07) is 0. The van der Waals surface area contributed by atoms with Gasteiger partial charge in [0.1, 0.15) is 0 Å². The van der Waals surface area contributed by atoms with E-state index in [2.05, 4.69) is 19.9 Å². The number of hydrogen-bond acceptors (Lipinski definition) is 0. The van der Waals surface area contributed by atoms with E-state index < -0.39 is 0 Å². The van der Waals surface area contributed by atoms with Crippen molar-refractivity contribution in [2.45, 2.75) is 33.1 Å². The van der Waals surface area contributed by atoms with Gasteiger partial charge in [0.05, 0.1) is 0 Å². The maximum absolute atomic E-state index is 2.39. The predicted octanol–water partition coefficient (Wildman–Crippen LogP) is 2.75. The fourth-order valence-electron chi connectivity index (χ4n) is 1.36. The fourth-order valence-corrected chi connectivity index (χ4v) is 1.36. The molecule has 0 nitrogen and oxygen atoms in total. The summed E-state index contributed by atoms with van der Waals surface area (Å²) in [7, 11) is 0. The molecule has 0 heteroatoms. The van der Waals surface area contributed by atoms with Gasteiger partial charge in [-0.3, -0.25) is 0 Å². The summed E-state index contributed by atoms with van der Waals surface area (Å²) >= 11 is 0. The van der Waals surface area contributed by atoms with Crippen molar-refractivity contribution in [3.05, 3.63) is 11.6 Å². The van der Waals surface area contributed by atoms with Crippen LogP contribution in [0, 0.1) is 5.92 Å². The monoisotopic (exact) mass is 110 g/mol. The van der Waals surface area contributed by atoms with Crippen LogP contribution < -0.4 is 0 Å². The van der Waals surface area contributed by atoms with Crippen LogP contribution in [0.4, 0.5) is 0 Å². The van der Waals surface area contributed by atoms with Crippen LogP contribution in [0.25, 0.3) is 0 Å². The van der Waals surface area contributed by atoms with E-state index in [4.69, 9.17) is 0 Å². The van der Waals surface area contributed by atoms with Gasteiger partial charge in [0.25, 0.3) is 0 Å². The molecule has 1 aliphatic carbocycles. The molecule has 0 amide bonds. The SMILES string of the molecule is CC1=C[C@@H](C)CCC1. The van der Waals surface area contributed by atoms with E-state index in [1.807, 2.05) is 0 Å². The molecule has 0 aromatic rings. The zero-order valence-electron chi connectivity index (χ0n) is 5.78. The molecule has 0 radical (unpaired) electrons. The van der Waals surface area contributed by atoms with Gasteiger partial charge >= 0.3 is 0 Å². The molecule has 0 aromatic heterocycles. The largest absolute Gasteiger partial charge is 0.0828 e. The molecule has 46 valence electrons. The van der Waals surface area contributed by atoms with Crippen LogP contribution in [-0.2, 0) is 0 Å².